The first-order valence-electron chi connectivity index (χ1n) is 11.9. The highest BCUT2D eigenvalue weighted by Crippen LogP contribution is 2.14. The van der Waals surface area contributed by atoms with Gasteiger partial charge in [-0.25, -0.2) is 0 Å². The minimum atomic E-state index is 0. The van der Waals surface area contributed by atoms with Crippen molar-refractivity contribution in [2.24, 2.45) is 0 Å². The minimum absolute atomic E-state index is 0. The van der Waals surface area contributed by atoms with E-state index >= 15 is 0 Å². The predicted molar refractivity (Wildman–Crippen MR) is 120 cm³/mol. The lowest BCUT2D eigenvalue weighted by molar-refractivity contribution is -0.890. The number of unbranched alkanes of at least 4 members (excludes halogenated alkanes) is 15. The average Bonchev–Trinajstić information content (AvgIpc) is 2.60. The average molecular weight is 405 g/mol. The molecule has 0 radical (unpaired) electrons. The maximum atomic E-state index is 2.38. The van der Waals surface area contributed by atoms with E-state index in [0.717, 1.165) is 0 Å². The van der Waals surface area contributed by atoms with Crippen molar-refractivity contribution in [3.8, 4) is 0 Å². The maximum Gasteiger partial charge on any atom is 0.0911 e. The van der Waals surface area contributed by atoms with Gasteiger partial charge in [0.15, 0.2) is 0 Å². The topological polar surface area (TPSA) is 3.24 Å². The van der Waals surface area contributed by atoms with Crippen LogP contribution in [0.1, 0.15) is 110 Å². The molecule has 0 aromatic carbocycles. The Bertz CT molecular complexity index is 280. The summed E-state index contributed by atoms with van der Waals surface area (Å²) in [5.41, 5.74) is 0. The molecule has 0 aromatic heterocycles. The third kappa shape index (κ3) is 24.2. The van der Waals surface area contributed by atoms with Crippen LogP contribution in [-0.4, -0.2) is 57.2 Å². The molecule has 0 amide bonds. The van der Waals surface area contributed by atoms with Crippen LogP contribution in [0.5, 0.6) is 0 Å². The Hall–Kier alpha value is 0.210. The Labute approximate surface area is 179 Å². The summed E-state index contributed by atoms with van der Waals surface area (Å²) in [4.78, 5) is 2.30. The van der Waals surface area contributed by atoms with Crippen LogP contribution in [0, 0.1) is 0 Å². The van der Waals surface area contributed by atoms with Crippen molar-refractivity contribution in [2.75, 3.05) is 47.8 Å². The van der Waals surface area contributed by atoms with Crippen LogP contribution in [-0.2, 0) is 0 Å². The number of hydrogen-bond acceptors (Lipinski definition) is 1. The second-order valence-corrected chi connectivity index (χ2v) is 9.49. The maximum absolute atomic E-state index is 2.38. The fourth-order valence-electron chi connectivity index (χ4n) is 3.67. The molecule has 0 aliphatic rings. The molecule has 0 aromatic rings. The molecular weight excluding hydrogens is 352 g/mol. The molecule has 166 valence electrons. The van der Waals surface area contributed by atoms with Gasteiger partial charge in [-0.15, -0.1) is 0 Å². The molecule has 0 unspecified atom stereocenters. The van der Waals surface area contributed by atoms with Crippen molar-refractivity contribution < 1.29 is 16.9 Å². The molecule has 0 heterocycles. The first-order valence-corrected chi connectivity index (χ1v) is 11.9. The monoisotopic (exact) mass is 404 g/mol. The van der Waals surface area contributed by atoms with Gasteiger partial charge in [0.25, 0.3) is 0 Å². The van der Waals surface area contributed by atoms with Crippen molar-refractivity contribution in [2.45, 2.75) is 110 Å². The molecular formula is C24H53ClN2. The van der Waals surface area contributed by atoms with Gasteiger partial charge in [-0.05, 0) is 26.9 Å². The lowest BCUT2D eigenvalue weighted by Gasteiger charge is -2.31. The Kier molecular flexibility index (Phi) is 22.8. The summed E-state index contributed by atoms with van der Waals surface area (Å²) in [6, 6.07) is 0. The zero-order chi connectivity index (χ0) is 19.5. The van der Waals surface area contributed by atoms with Gasteiger partial charge >= 0.3 is 0 Å². The largest absolute Gasteiger partial charge is 1.00 e. The van der Waals surface area contributed by atoms with Gasteiger partial charge in [0.1, 0.15) is 0 Å². The highest BCUT2D eigenvalue weighted by atomic mass is 35.5. The number of halogens is 1. The lowest BCUT2D eigenvalue weighted by atomic mass is 10.0. The smallest absolute Gasteiger partial charge is 0.0911 e. The SMILES string of the molecule is CCCCCCCCCCCCCCCCCC[N+](C)(C)CCN(C)C.[Cl-]. The molecule has 0 N–H and O–H groups in total. The molecule has 2 nitrogen and oxygen atoms in total. The fourth-order valence-corrected chi connectivity index (χ4v) is 3.67. The van der Waals surface area contributed by atoms with E-state index in [9.17, 15) is 0 Å². The van der Waals surface area contributed by atoms with Gasteiger partial charge in [-0.3, -0.25) is 0 Å². The number of quaternary nitrogens is 1. The van der Waals surface area contributed by atoms with E-state index in [1.54, 1.807) is 0 Å². The predicted octanol–water partition coefficient (Wildman–Crippen LogP) is 3.89. The van der Waals surface area contributed by atoms with Gasteiger partial charge in [-0.1, -0.05) is 96.8 Å². The van der Waals surface area contributed by atoms with E-state index in [-0.39, 0.29) is 12.4 Å². The lowest BCUT2D eigenvalue weighted by Crippen LogP contribution is -3.00. The van der Waals surface area contributed by atoms with Crippen molar-refractivity contribution in [1.82, 2.24) is 4.90 Å². The Balaban J connectivity index is 0. The number of likely N-dealkylation sites (N-methyl/N-ethyl adjacent to an activating group) is 2. The molecule has 0 spiro atoms. The quantitative estimate of drug-likeness (QED) is 0.220. The fraction of sp³-hybridized carbons (Fsp3) is 1.00. The summed E-state index contributed by atoms with van der Waals surface area (Å²) >= 11 is 0. The van der Waals surface area contributed by atoms with Gasteiger partial charge in [0.05, 0.1) is 27.2 Å². The third-order valence-electron chi connectivity index (χ3n) is 5.77. The summed E-state index contributed by atoms with van der Waals surface area (Å²) in [6.07, 6.45) is 23.3. The van der Waals surface area contributed by atoms with Crippen molar-refractivity contribution >= 4 is 0 Å². The molecule has 27 heavy (non-hydrogen) atoms. The Morgan fingerprint density at radius 1 is 0.519 bits per heavy atom. The van der Waals surface area contributed by atoms with Crippen LogP contribution >= 0.6 is 0 Å². The molecule has 0 rings (SSSR count). The summed E-state index contributed by atoms with van der Waals surface area (Å²) in [5.74, 6) is 0. The molecule has 0 saturated heterocycles. The first kappa shape index (κ1) is 29.4. The van der Waals surface area contributed by atoms with Crippen LogP contribution in [0.15, 0.2) is 0 Å². The van der Waals surface area contributed by atoms with E-state index in [4.69, 9.17) is 0 Å². The van der Waals surface area contributed by atoms with E-state index < -0.39 is 0 Å². The molecule has 0 aliphatic carbocycles. The van der Waals surface area contributed by atoms with Crippen molar-refractivity contribution in [3.05, 3.63) is 0 Å². The number of nitrogens with zero attached hydrogens (tertiary/aromatic N) is 2. The Morgan fingerprint density at radius 2 is 0.852 bits per heavy atom. The van der Waals surface area contributed by atoms with Crippen LogP contribution < -0.4 is 12.4 Å². The summed E-state index contributed by atoms with van der Waals surface area (Å²) in [6.45, 7) is 6.11. The first-order chi connectivity index (χ1) is 12.5. The summed E-state index contributed by atoms with van der Waals surface area (Å²) in [5, 5.41) is 0. The zero-order valence-electron chi connectivity index (χ0n) is 19.7. The molecule has 0 atom stereocenters. The Morgan fingerprint density at radius 3 is 1.19 bits per heavy atom. The van der Waals surface area contributed by atoms with Crippen LogP contribution in [0.25, 0.3) is 0 Å². The number of hydrogen-bond donors (Lipinski definition) is 0. The highest BCUT2D eigenvalue weighted by Gasteiger charge is 2.14. The zero-order valence-corrected chi connectivity index (χ0v) is 20.5. The molecule has 0 fully saturated rings. The summed E-state index contributed by atoms with van der Waals surface area (Å²) in [7, 11) is 9.12. The van der Waals surface area contributed by atoms with E-state index in [0.29, 0.717) is 0 Å². The molecule has 0 bridgehead atoms. The number of rotatable bonds is 20. The van der Waals surface area contributed by atoms with E-state index in [2.05, 4.69) is 40.0 Å². The van der Waals surface area contributed by atoms with Crippen LogP contribution in [0.3, 0.4) is 0 Å². The highest BCUT2D eigenvalue weighted by molar-refractivity contribution is 4.50. The van der Waals surface area contributed by atoms with Crippen LogP contribution in [0.2, 0.25) is 0 Å². The molecule has 3 heteroatoms. The second kappa shape index (κ2) is 20.9. The van der Waals surface area contributed by atoms with Crippen molar-refractivity contribution in [1.29, 1.82) is 0 Å². The van der Waals surface area contributed by atoms with E-state index in [1.807, 2.05) is 0 Å². The molecule has 0 saturated carbocycles. The third-order valence-corrected chi connectivity index (χ3v) is 5.77. The van der Waals surface area contributed by atoms with Gasteiger partial charge in [0, 0.05) is 6.54 Å². The normalized spacial score (nSPS) is 11.8. The summed E-state index contributed by atoms with van der Waals surface area (Å²) < 4.78 is 1.18. The van der Waals surface area contributed by atoms with Gasteiger partial charge in [-0.2, -0.15) is 0 Å². The van der Waals surface area contributed by atoms with Crippen LogP contribution in [0.4, 0.5) is 0 Å². The van der Waals surface area contributed by atoms with E-state index in [1.165, 1.54) is 127 Å². The molecule has 0 aliphatic heterocycles. The van der Waals surface area contributed by atoms with Gasteiger partial charge in [0.2, 0.25) is 0 Å². The van der Waals surface area contributed by atoms with Gasteiger partial charge < -0.3 is 21.8 Å². The standard InChI is InChI=1S/C24H53N2.ClH/c1-6-7-8-9-10-11-12-13-14-15-16-17-18-19-20-21-23-26(4,5)24-22-25(2)3;/h6-24H2,1-5H3;1H/q+1;/p-1. The van der Waals surface area contributed by atoms with Crippen molar-refractivity contribution in [3.63, 3.8) is 0 Å². The minimum Gasteiger partial charge on any atom is -1.00 e. The second-order valence-electron chi connectivity index (χ2n) is 9.49.